The molecule has 192 valence electrons. The largest absolute Gasteiger partial charge is 0.368 e. The predicted molar refractivity (Wildman–Crippen MR) is 140 cm³/mol. The fourth-order valence-corrected chi connectivity index (χ4v) is 4.25. The number of aromatic amines is 2. The summed E-state index contributed by atoms with van der Waals surface area (Å²) >= 11 is 0. The molecule has 0 fully saturated rings. The molecule has 0 saturated carbocycles. The molecule has 3 atom stereocenters. The lowest BCUT2D eigenvalue weighted by Crippen LogP contribution is -2.56. The smallest absolute Gasteiger partial charge is 0.243 e. The van der Waals surface area contributed by atoms with Gasteiger partial charge in [0.25, 0.3) is 0 Å². The Morgan fingerprint density at radius 2 is 1.62 bits per heavy atom. The summed E-state index contributed by atoms with van der Waals surface area (Å²) in [5.74, 6) is -1.64. The van der Waals surface area contributed by atoms with Crippen molar-refractivity contribution in [2.45, 2.75) is 43.8 Å². The first-order valence-electron chi connectivity index (χ1n) is 12.1. The van der Waals surface area contributed by atoms with Crippen molar-refractivity contribution in [3.63, 3.8) is 0 Å². The summed E-state index contributed by atoms with van der Waals surface area (Å²) < 4.78 is 0. The van der Waals surface area contributed by atoms with Crippen molar-refractivity contribution < 1.29 is 14.4 Å². The summed E-state index contributed by atoms with van der Waals surface area (Å²) in [7, 11) is 0. The van der Waals surface area contributed by atoms with Gasteiger partial charge in [-0.15, -0.1) is 0 Å². The van der Waals surface area contributed by atoms with Crippen LogP contribution < -0.4 is 22.1 Å². The number of rotatable bonds is 12. The van der Waals surface area contributed by atoms with Crippen LogP contribution in [0.15, 0.2) is 73.3 Å². The normalized spacial score (nSPS) is 13.5. The fraction of sp³-hybridized carbons (Fsp3) is 0.259. The zero-order chi connectivity index (χ0) is 26.2. The van der Waals surface area contributed by atoms with Crippen LogP contribution in [-0.2, 0) is 33.6 Å². The maximum absolute atomic E-state index is 13.3. The summed E-state index contributed by atoms with van der Waals surface area (Å²) in [6.45, 7) is 0. The van der Waals surface area contributed by atoms with Gasteiger partial charge in [0.05, 0.1) is 12.4 Å². The molecular formula is C27H31N7O3. The first-order valence-corrected chi connectivity index (χ1v) is 12.1. The molecule has 8 N–H and O–H groups in total. The summed E-state index contributed by atoms with van der Waals surface area (Å²) in [6, 6.07) is 14.3. The van der Waals surface area contributed by atoms with E-state index >= 15 is 0 Å². The van der Waals surface area contributed by atoms with Crippen LogP contribution in [0.25, 0.3) is 10.9 Å². The highest BCUT2D eigenvalue weighted by atomic mass is 16.2. The first kappa shape index (κ1) is 25.6. The number of fused-ring (bicyclic) bond motifs is 1. The molecule has 2 heterocycles. The van der Waals surface area contributed by atoms with E-state index in [0.717, 1.165) is 27.7 Å². The van der Waals surface area contributed by atoms with Crippen molar-refractivity contribution in [3.8, 4) is 0 Å². The van der Waals surface area contributed by atoms with Gasteiger partial charge in [-0.3, -0.25) is 14.4 Å². The second kappa shape index (κ2) is 12.0. The van der Waals surface area contributed by atoms with Gasteiger partial charge in [0.1, 0.15) is 12.1 Å². The number of aromatic nitrogens is 3. The molecule has 2 unspecified atom stereocenters. The lowest BCUT2D eigenvalue weighted by Gasteiger charge is -2.23. The Hall–Kier alpha value is -4.44. The van der Waals surface area contributed by atoms with E-state index in [1.54, 1.807) is 18.7 Å². The molecule has 2 aromatic heterocycles. The maximum atomic E-state index is 13.3. The van der Waals surface area contributed by atoms with Gasteiger partial charge in [-0.1, -0.05) is 48.5 Å². The van der Waals surface area contributed by atoms with E-state index < -0.39 is 35.8 Å². The van der Waals surface area contributed by atoms with E-state index in [1.165, 1.54) is 0 Å². The molecule has 0 aliphatic carbocycles. The third-order valence-electron chi connectivity index (χ3n) is 6.28. The van der Waals surface area contributed by atoms with Crippen molar-refractivity contribution in [1.82, 2.24) is 25.6 Å². The van der Waals surface area contributed by atoms with Gasteiger partial charge in [-0.25, -0.2) is 4.98 Å². The summed E-state index contributed by atoms with van der Waals surface area (Å²) in [6.07, 6.45) is 6.26. The minimum Gasteiger partial charge on any atom is -0.368 e. The van der Waals surface area contributed by atoms with E-state index in [0.29, 0.717) is 12.8 Å². The average molecular weight is 502 g/mol. The molecule has 3 amide bonds. The van der Waals surface area contributed by atoms with Gasteiger partial charge in [-0.2, -0.15) is 0 Å². The molecule has 0 bridgehead atoms. The van der Waals surface area contributed by atoms with E-state index in [9.17, 15) is 14.4 Å². The van der Waals surface area contributed by atoms with Crippen LogP contribution in [0.2, 0.25) is 0 Å². The van der Waals surface area contributed by atoms with Gasteiger partial charge in [0, 0.05) is 35.4 Å². The molecule has 2 aromatic carbocycles. The van der Waals surface area contributed by atoms with Crippen LogP contribution in [0.1, 0.15) is 23.2 Å². The highest BCUT2D eigenvalue weighted by molar-refractivity contribution is 5.93. The highest BCUT2D eigenvalue weighted by Crippen LogP contribution is 2.19. The number of hydrogen-bond acceptors (Lipinski definition) is 5. The highest BCUT2D eigenvalue weighted by Gasteiger charge is 2.28. The molecule has 10 nitrogen and oxygen atoms in total. The van der Waals surface area contributed by atoms with Crippen LogP contribution in [-0.4, -0.2) is 50.8 Å². The monoisotopic (exact) mass is 501 g/mol. The molecule has 0 saturated heterocycles. The molecule has 10 heteroatoms. The third-order valence-corrected chi connectivity index (χ3v) is 6.28. The third kappa shape index (κ3) is 6.83. The Kier molecular flexibility index (Phi) is 8.32. The number of nitrogens with zero attached hydrogens (tertiary/aromatic N) is 1. The van der Waals surface area contributed by atoms with Crippen molar-refractivity contribution in [1.29, 1.82) is 0 Å². The fourth-order valence-electron chi connectivity index (χ4n) is 4.25. The Morgan fingerprint density at radius 1 is 0.892 bits per heavy atom. The van der Waals surface area contributed by atoms with Crippen molar-refractivity contribution >= 4 is 28.6 Å². The number of amides is 3. The molecule has 0 spiro atoms. The Labute approximate surface area is 214 Å². The number of nitrogens with one attached hydrogen (secondary N) is 4. The van der Waals surface area contributed by atoms with Gasteiger partial charge in [0.15, 0.2) is 0 Å². The van der Waals surface area contributed by atoms with Crippen LogP contribution in [0.5, 0.6) is 0 Å². The van der Waals surface area contributed by atoms with E-state index in [-0.39, 0.29) is 12.8 Å². The number of carbonyl (C=O) groups excluding carboxylic acids is 3. The minimum atomic E-state index is -0.962. The first-order chi connectivity index (χ1) is 17.9. The molecule has 0 aliphatic heterocycles. The van der Waals surface area contributed by atoms with Crippen molar-refractivity contribution in [3.05, 3.63) is 90.1 Å². The Morgan fingerprint density at radius 3 is 2.35 bits per heavy atom. The zero-order valence-electron chi connectivity index (χ0n) is 20.3. The average Bonchev–Trinajstić information content (AvgIpc) is 3.56. The Balaban J connectivity index is 1.46. The molecular weight excluding hydrogens is 470 g/mol. The van der Waals surface area contributed by atoms with Gasteiger partial charge in [-0.05, 0) is 36.5 Å². The number of nitrogens with two attached hydrogens (primary N) is 2. The minimum absolute atomic E-state index is 0.208. The topological polar surface area (TPSA) is 172 Å². The summed E-state index contributed by atoms with van der Waals surface area (Å²) in [4.78, 5) is 48.6. The molecule has 0 aliphatic rings. The lowest BCUT2D eigenvalue weighted by atomic mass is 10.0. The van der Waals surface area contributed by atoms with Crippen molar-refractivity contribution in [2.75, 3.05) is 0 Å². The quantitative estimate of drug-likeness (QED) is 0.170. The van der Waals surface area contributed by atoms with E-state index in [2.05, 4.69) is 25.6 Å². The molecule has 37 heavy (non-hydrogen) atoms. The van der Waals surface area contributed by atoms with Crippen LogP contribution in [0.3, 0.4) is 0 Å². The van der Waals surface area contributed by atoms with Crippen LogP contribution >= 0.6 is 0 Å². The van der Waals surface area contributed by atoms with E-state index in [4.69, 9.17) is 11.5 Å². The number of primary amides is 1. The number of carbonyl (C=O) groups is 3. The van der Waals surface area contributed by atoms with Crippen molar-refractivity contribution in [2.24, 2.45) is 11.5 Å². The van der Waals surface area contributed by atoms with Crippen LogP contribution in [0, 0.1) is 0 Å². The molecule has 4 rings (SSSR count). The Bertz CT molecular complexity index is 1330. The zero-order valence-corrected chi connectivity index (χ0v) is 20.3. The number of aryl methyl sites for hydroxylation is 1. The second-order valence-corrected chi connectivity index (χ2v) is 9.00. The summed E-state index contributed by atoms with van der Waals surface area (Å²) in [5, 5.41) is 6.44. The van der Waals surface area contributed by atoms with Gasteiger partial charge < -0.3 is 32.1 Å². The standard InChI is InChI=1S/C27H31N7O3/c28-21(12-17-6-2-1-3-7-17)26(36)33-23(11-10-19-15-30-16-32-19)27(37)34-24(25(29)35)13-18-14-31-22-9-5-4-8-20(18)22/h1-9,14-16,21,23-24,31H,10-13,28H2,(H2,29,35)(H,30,32)(H,33,36)(H,34,37)/t21?,23?,24-/m0/s1. The number of H-pyrrole nitrogens is 2. The van der Waals surface area contributed by atoms with Gasteiger partial charge >= 0.3 is 0 Å². The second-order valence-electron chi connectivity index (χ2n) is 9.00. The SMILES string of the molecule is NC(=O)[C@H](Cc1c[nH]c2ccccc12)NC(=O)C(CCc1cnc[nH]1)NC(=O)C(N)Cc1ccccc1. The predicted octanol–water partition coefficient (Wildman–Crippen LogP) is 1.09. The van der Waals surface area contributed by atoms with Crippen LogP contribution in [0.4, 0.5) is 0 Å². The number of imidazole rings is 1. The number of para-hydroxylation sites is 1. The number of hydrogen-bond donors (Lipinski definition) is 6. The molecule has 0 radical (unpaired) electrons. The van der Waals surface area contributed by atoms with E-state index in [1.807, 2.05) is 54.6 Å². The lowest BCUT2D eigenvalue weighted by molar-refractivity contribution is -0.131. The van der Waals surface area contributed by atoms with Gasteiger partial charge in [0.2, 0.25) is 17.7 Å². The summed E-state index contributed by atoms with van der Waals surface area (Å²) in [5.41, 5.74) is 15.3. The number of benzene rings is 2. The maximum Gasteiger partial charge on any atom is 0.243 e. The molecule has 4 aromatic rings.